The highest BCUT2D eigenvalue weighted by Crippen LogP contribution is 2.33. The van der Waals surface area contributed by atoms with Crippen LogP contribution in [-0.2, 0) is 4.74 Å². The molecule has 3 heteroatoms. The van der Waals surface area contributed by atoms with E-state index in [0.717, 1.165) is 36.3 Å². The molecular weight excluding hydrogens is 250 g/mol. The van der Waals surface area contributed by atoms with Crippen molar-refractivity contribution in [2.45, 2.75) is 19.4 Å². The van der Waals surface area contributed by atoms with Gasteiger partial charge >= 0.3 is 0 Å². The third kappa shape index (κ3) is 2.65. The van der Waals surface area contributed by atoms with Gasteiger partial charge in [-0.3, -0.25) is 0 Å². The zero-order valence-corrected chi connectivity index (χ0v) is 11.8. The number of fused-ring (bicyclic) bond motifs is 1. The molecule has 1 aliphatic rings. The van der Waals surface area contributed by atoms with Gasteiger partial charge in [0.1, 0.15) is 5.75 Å². The van der Waals surface area contributed by atoms with Crippen molar-refractivity contribution < 1.29 is 9.47 Å². The maximum absolute atomic E-state index is 6.14. The van der Waals surface area contributed by atoms with Crippen LogP contribution in [0.2, 0.25) is 0 Å². The third-order valence-electron chi connectivity index (χ3n) is 3.89. The molecule has 2 atom stereocenters. The quantitative estimate of drug-likeness (QED) is 0.928. The first-order valence-electron chi connectivity index (χ1n) is 7.23. The molecule has 0 aliphatic carbocycles. The Labute approximate surface area is 119 Å². The maximum Gasteiger partial charge on any atom is 0.131 e. The van der Waals surface area contributed by atoms with Crippen LogP contribution >= 0.6 is 0 Å². The van der Waals surface area contributed by atoms with E-state index in [9.17, 15) is 0 Å². The Morgan fingerprint density at radius 2 is 2.15 bits per heavy atom. The lowest BCUT2D eigenvalue weighted by atomic mass is 10.0. The van der Waals surface area contributed by atoms with Gasteiger partial charge in [0, 0.05) is 29.5 Å². The van der Waals surface area contributed by atoms with Gasteiger partial charge in [0.05, 0.1) is 13.2 Å². The largest absolute Gasteiger partial charge is 0.492 e. The van der Waals surface area contributed by atoms with Crippen LogP contribution in [0.5, 0.6) is 5.75 Å². The van der Waals surface area contributed by atoms with Gasteiger partial charge in [-0.2, -0.15) is 0 Å². The summed E-state index contributed by atoms with van der Waals surface area (Å²) >= 11 is 0. The minimum absolute atomic E-state index is 0.0329. The summed E-state index contributed by atoms with van der Waals surface area (Å²) in [5.74, 6) is 1.43. The smallest absolute Gasteiger partial charge is 0.131 e. The Morgan fingerprint density at radius 3 is 2.90 bits per heavy atom. The van der Waals surface area contributed by atoms with Crippen LogP contribution in [0.1, 0.15) is 24.9 Å². The molecule has 2 aromatic carbocycles. The Hall–Kier alpha value is -1.58. The summed E-state index contributed by atoms with van der Waals surface area (Å²) in [5, 5.41) is 2.33. The van der Waals surface area contributed by atoms with Crippen LogP contribution in [0, 0.1) is 5.92 Å². The standard InChI is InChI=1S/C17H21NO2/c1-12(18)15-7-6-14-4-2-3-5-16(14)17(15)20-11-13-8-9-19-10-13/h2-7,12-13H,8-11,18H2,1H3/t12-,13?/m0/s1. The normalized spacial score (nSPS) is 20.2. The predicted molar refractivity (Wildman–Crippen MR) is 81.0 cm³/mol. The van der Waals surface area contributed by atoms with Crippen molar-refractivity contribution in [2.75, 3.05) is 19.8 Å². The summed E-state index contributed by atoms with van der Waals surface area (Å²) in [6.45, 7) is 4.35. The van der Waals surface area contributed by atoms with Gasteiger partial charge in [0.2, 0.25) is 0 Å². The summed E-state index contributed by atoms with van der Waals surface area (Å²) in [5.41, 5.74) is 7.16. The average molecular weight is 271 g/mol. The van der Waals surface area contributed by atoms with Crippen LogP contribution in [0.25, 0.3) is 10.8 Å². The van der Waals surface area contributed by atoms with Gasteiger partial charge in [-0.1, -0.05) is 36.4 Å². The summed E-state index contributed by atoms with van der Waals surface area (Å²) < 4.78 is 11.5. The summed E-state index contributed by atoms with van der Waals surface area (Å²) in [6, 6.07) is 12.4. The molecule has 0 saturated carbocycles. The van der Waals surface area contributed by atoms with Crippen molar-refractivity contribution in [1.29, 1.82) is 0 Å². The third-order valence-corrected chi connectivity index (χ3v) is 3.89. The predicted octanol–water partition coefficient (Wildman–Crippen LogP) is 3.27. The van der Waals surface area contributed by atoms with Crippen molar-refractivity contribution >= 4 is 10.8 Å². The van der Waals surface area contributed by atoms with Crippen LogP contribution in [0.4, 0.5) is 0 Å². The minimum atomic E-state index is -0.0329. The molecule has 2 N–H and O–H groups in total. The number of benzene rings is 2. The highest BCUT2D eigenvalue weighted by Gasteiger charge is 2.18. The molecule has 1 fully saturated rings. The van der Waals surface area contributed by atoms with E-state index in [0.29, 0.717) is 12.5 Å². The molecule has 3 nitrogen and oxygen atoms in total. The second-order valence-corrected chi connectivity index (χ2v) is 5.53. The number of nitrogens with two attached hydrogens (primary N) is 1. The van der Waals surface area contributed by atoms with Gasteiger partial charge < -0.3 is 15.2 Å². The van der Waals surface area contributed by atoms with E-state index in [1.807, 2.05) is 19.1 Å². The van der Waals surface area contributed by atoms with Gasteiger partial charge in [-0.05, 0) is 18.7 Å². The molecule has 3 rings (SSSR count). The first-order chi connectivity index (χ1) is 9.75. The van der Waals surface area contributed by atoms with E-state index in [4.69, 9.17) is 15.2 Å². The van der Waals surface area contributed by atoms with Gasteiger partial charge in [-0.15, -0.1) is 0 Å². The topological polar surface area (TPSA) is 44.5 Å². The molecule has 1 unspecified atom stereocenters. The maximum atomic E-state index is 6.14. The zero-order chi connectivity index (χ0) is 13.9. The van der Waals surface area contributed by atoms with E-state index >= 15 is 0 Å². The molecule has 1 saturated heterocycles. The molecule has 106 valence electrons. The number of hydrogen-bond acceptors (Lipinski definition) is 3. The van der Waals surface area contributed by atoms with Crippen LogP contribution in [-0.4, -0.2) is 19.8 Å². The summed E-state index contributed by atoms with van der Waals surface area (Å²) in [6.07, 6.45) is 1.08. The fraction of sp³-hybridized carbons (Fsp3) is 0.412. The zero-order valence-electron chi connectivity index (χ0n) is 11.8. The van der Waals surface area contributed by atoms with Gasteiger partial charge in [0.15, 0.2) is 0 Å². The van der Waals surface area contributed by atoms with Crippen molar-refractivity contribution in [3.8, 4) is 5.75 Å². The molecule has 0 aromatic heterocycles. The fourth-order valence-electron chi connectivity index (χ4n) is 2.70. The molecule has 0 bridgehead atoms. The van der Waals surface area contributed by atoms with E-state index in [-0.39, 0.29) is 6.04 Å². The number of ether oxygens (including phenoxy) is 2. The Balaban J connectivity index is 1.94. The Kier molecular flexibility index (Phi) is 3.90. The van der Waals surface area contributed by atoms with Crippen LogP contribution in [0.3, 0.4) is 0 Å². The molecule has 2 aromatic rings. The summed E-state index contributed by atoms with van der Waals surface area (Å²) in [4.78, 5) is 0. The lowest BCUT2D eigenvalue weighted by Gasteiger charge is -2.18. The molecule has 0 spiro atoms. The van der Waals surface area contributed by atoms with Crippen LogP contribution < -0.4 is 10.5 Å². The summed E-state index contributed by atoms with van der Waals surface area (Å²) in [7, 11) is 0. The van der Waals surface area contributed by atoms with Gasteiger partial charge in [0.25, 0.3) is 0 Å². The van der Waals surface area contributed by atoms with E-state index in [2.05, 4.69) is 24.3 Å². The van der Waals surface area contributed by atoms with Crippen molar-refractivity contribution in [3.63, 3.8) is 0 Å². The number of rotatable bonds is 4. The highest BCUT2D eigenvalue weighted by atomic mass is 16.5. The first kappa shape index (κ1) is 13.4. The second kappa shape index (κ2) is 5.81. The van der Waals surface area contributed by atoms with Crippen molar-refractivity contribution in [1.82, 2.24) is 0 Å². The fourth-order valence-corrected chi connectivity index (χ4v) is 2.70. The second-order valence-electron chi connectivity index (χ2n) is 5.53. The van der Waals surface area contributed by atoms with E-state index in [1.54, 1.807) is 0 Å². The lowest BCUT2D eigenvalue weighted by molar-refractivity contribution is 0.167. The van der Waals surface area contributed by atoms with E-state index < -0.39 is 0 Å². The Morgan fingerprint density at radius 1 is 1.30 bits per heavy atom. The highest BCUT2D eigenvalue weighted by molar-refractivity contribution is 5.89. The molecule has 1 heterocycles. The SMILES string of the molecule is C[C@H](N)c1ccc2ccccc2c1OCC1CCOC1. The lowest BCUT2D eigenvalue weighted by Crippen LogP contribution is -2.14. The van der Waals surface area contributed by atoms with Crippen molar-refractivity contribution in [2.24, 2.45) is 11.7 Å². The minimum Gasteiger partial charge on any atom is -0.492 e. The first-order valence-corrected chi connectivity index (χ1v) is 7.23. The molecule has 0 amide bonds. The number of hydrogen-bond donors (Lipinski definition) is 1. The molecule has 20 heavy (non-hydrogen) atoms. The average Bonchev–Trinajstić information content (AvgIpc) is 2.97. The molecule has 1 aliphatic heterocycles. The van der Waals surface area contributed by atoms with Gasteiger partial charge in [-0.25, -0.2) is 0 Å². The van der Waals surface area contributed by atoms with Crippen LogP contribution in [0.15, 0.2) is 36.4 Å². The molecular formula is C17H21NO2. The molecule has 0 radical (unpaired) electrons. The monoisotopic (exact) mass is 271 g/mol. The van der Waals surface area contributed by atoms with Crippen molar-refractivity contribution in [3.05, 3.63) is 42.0 Å². The van der Waals surface area contributed by atoms with E-state index in [1.165, 1.54) is 5.39 Å². The Bertz CT molecular complexity index is 589.